The molecular weight excluding hydrogens is 322 g/mol. The number of carbonyl (C=O) groups excluding carboxylic acids is 1. The van der Waals surface area contributed by atoms with Crippen molar-refractivity contribution in [1.29, 1.82) is 0 Å². The summed E-state index contributed by atoms with van der Waals surface area (Å²) in [6.07, 6.45) is 4.33. The van der Waals surface area contributed by atoms with Crippen LogP contribution >= 0.6 is 0 Å². The van der Waals surface area contributed by atoms with Crippen LogP contribution in [-0.2, 0) is 0 Å². The minimum absolute atomic E-state index is 0.0745. The molecule has 3 aromatic heterocycles. The largest absolute Gasteiger partial charge is 0.508 e. The molecule has 0 amide bonds. The van der Waals surface area contributed by atoms with E-state index in [-0.39, 0.29) is 17.3 Å². The van der Waals surface area contributed by atoms with Crippen LogP contribution in [-0.4, -0.2) is 41.4 Å². The van der Waals surface area contributed by atoms with Gasteiger partial charge in [-0.05, 0) is 35.5 Å². The number of hydrogen-bond donors (Lipinski definition) is 3. The van der Waals surface area contributed by atoms with E-state index in [4.69, 9.17) is 0 Å². The Labute approximate surface area is 140 Å². The molecule has 25 heavy (non-hydrogen) atoms. The van der Waals surface area contributed by atoms with Gasteiger partial charge >= 0.3 is 0 Å². The number of aromatic nitrogens is 5. The first-order chi connectivity index (χ1) is 12.1. The predicted octanol–water partition coefficient (Wildman–Crippen LogP) is 2.06. The topological polar surface area (TPSA) is 125 Å². The Kier molecular flexibility index (Phi) is 3.35. The number of rotatable bonds is 3. The van der Waals surface area contributed by atoms with E-state index in [9.17, 15) is 15.0 Å². The second kappa shape index (κ2) is 5.68. The van der Waals surface area contributed by atoms with Gasteiger partial charge in [-0.3, -0.25) is 9.78 Å². The van der Waals surface area contributed by atoms with Crippen LogP contribution in [0.25, 0.3) is 22.3 Å². The molecule has 0 aliphatic heterocycles. The Morgan fingerprint density at radius 2 is 1.84 bits per heavy atom. The quantitative estimate of drug-likeness (QED) is 0.490. The zero-order valence-corrected chi connectivity index (χ0v) is 12.7. The number of phenolic OH excluding ortho intramolecular Hbond substituents is 1. The normalized spacial score (nSPS) is 10.9. The maximum Gasteiger partial charge on any atom is 0.195 e. The van der Waals surface area contributed by atoms with Gasteiger partial charge in [0.1, 0.15) is 17.2 Å². The second-order valence-electron chi connectivity index (χ2n) is 5.33. The third-order valence-electron chi connectivity index (χ3n) is 3.81. The van der Waals surface area contributed by atoms with Crippen LogP contribution in [0.3, 0.4) is 0 Å². The first kappa shape index (κ1) is 14.8. The number of pyridine rings is 1. The molecule has 0 bridgehead atoms. The average molecular weight is 333 g/mol. The van der Waals surface area contributed by atoms with Crippen molar-refractivity contribution in [3.05, 3.63) is 60.0 Å². The van der Waals surface area contributed by atoms with E-state index in [2.05, 4.69) is 25.4 Å². The number of aromatic amines is 1. The van der Waals surface area contributed by atoms with E-state index in [0.29, 0.717) is 33.4 Å². The highest BCUT2D eigenvalue weighted by Crippen LogP contribution is 2.33. The van der Waals surface area contributed by atoms with Crippen molar-refractivity contribution in [2.24, 2.45) is 0 Å². The van der Waals surface area contributed by atoms with Crippen molar-refractivity contribution >= 4 is 16.8 Å². The van der Waals surface area contributed by atoms with E-state index in [1.54, 1.807) is 6.07 Å². The van der Waals surface area contributed by atoms with Crippen LogP contribution in [0.1, 0.15) is 15.9 Å². The van der Waals surface area contributed by atoms with Crippen LogP contribution in [0, 0.1) is 0 Å². The molecule has 0 atom stereocenters. The number of fused-ring (bicyclic) bond motifs is 1. The molecule has 1 aromatic carbocycles. The summed E-state index contributed by atoms with van der Waals surface area (Å²) < 4.78 is 0. The van der Waals surface area contributed by atoms with Crippen molar-refractivity contribution in [1.82, 2.24) is 25.4 Å². The molecular formula is C17H11N5O3. The summed E-state index contributed by atoms with van der Waals surface area (Å²) in [6.45, 7) is 0. The minimum atomic E-state index is -0.268. The van der Waals surface area contributed by atoms with Gasteiger partial charge in [0.05, 0.1) is 17.1 Å². The molecule has 4 rings (SSSR count). The Balaban J connectivity index is 1.93. The van der Waals surface area contributed by atoms with Gasteiger partial charge in [0.25, 0.3) is 0 Å². The lowest BCUT2D eigenvalue weighted by atomic mass is 10.0. The number of nitrogens with one attached hydrogen (secondary N) is 1. The van der Waals surface area contributed by atoms with Crippen LogP contribution in [0.4, 0.5) is 0 Å². The van der Waals surface area contributed by atoms with Crippen LogP contribution < -0.4 is 0 Å². The summed E-state index contributed by atoms with van der Waals surface area (Å²) in [5.74, 6) is -0.269. The van der Waals surface area contributed by atoms with Gasteiger partial charge in [-0.25, -0.2) is 0 Å². The zero-order valence-electron chi connectivity index (χ0n) is 12.7. The predicted molar refractivity (Wildman–Crippen MR) is 88.1 cm³/mol. The molecule has 0 fully saturated rings. The first-order valence-electron chi connectivity index (χ1n) is 7.32. The summed E-state index contributed by atoms with van der Waals surface area (Å²) in [5.41, 5.74) is 1.85. The number of ketones is 1. The fraction of sp³-hybridized carbons (Fsp3) is 0. The van der Waals surface area contributed by atoms with Gasteiger partial charge in [-0.15, -0.1) is 10.2 Å². The highest BCUT2D eigenvalue weighted by Gasteiger charge is 2.21. The summed E-state index contributed by atoms with van der Waals surface area (Å²) in [4.78, 5) is 19.6. The lowest BCUT2D eigenvalue weighted by molar-refractivity contribution is 0.104. The molecule has 0 aliphatic carbocycles. The van der Waals surface area contributed by atoms with E-state index in [1.807, 2.05) is 0 Å². The Morgan fingerprint density at radius 3 is 2.60 bits per heavy atom. The molecule has 0 unspecified atom stereocenters. The molecule has 3 N–H and O–H groups in total. The number of phenols is 1. The fourth-order valence-electron chi connectivity index (χ4n) is 2.62. The molecule has 8 heteroatoms. The molecule has 0 aliphatic rings. The number of nitrogens with zero attached hydrogens (tertiary/aromatic N) is 4. The van der Waals surface area contributed by atoms with E-state index in [0.717, 1.165) is 0 Å². The van der Waals surface area contributed by atoms with Crippen molar-refractivity contribution in [2.75, 3.05) is 0 Å². The van der Waals surface area contributed by atoms with Gasteiger partial charge in [0.2, 0.25) is 0 Å². The maximum atomic E-state index is 12.8. The Bertz CT molecular complexity index is 1090. The highest BCUT2D eigenvalue weighted by molar-refractivity contribution is 6.18. The maximum absolute atomic E-state index is 12.8. The van der Waals surface area contributed by atoms with Crippen molar-refractivity contribution in [3.8, 4) is 22.8 Å². The molecule has 0 spiro atoms. The number of H-pyrrole nitrogens is 1. The molecule has 4 aromatic rings. The van der Waals surface area contributed by atoms with Crippen molar-refractivity contribution in [3.63, 3.8) is 0 Å². The van der Waals surface area contributed by atoms with Gasteiger partial charge in [-0.2, -0.15) is 0 Å². The molecule has 0 radical (unpaired) electrons. The monoisotopic (exact) mass is 333 g/mol. The summed E-state index contributed by atoms with van der Waals surface area (Å²) in [5, 5.41) is 31.5. The van der Waals surface area contributed by atoms with Gasteiger partial charge in [-0.1, -0.05) is 0 Å². The third kappa shape index (κ3) is 2.45. The lowest BCUT2D eigenvalue weighted by Gasteiger charge is -2.05. The first-order valence-corrected chi connectivity index (χ1v) is 7.32. The van der Waals surface area contributed by atoms with Crippen molar-refractivity contribution in [2.45, 2.75) is 0 Å². The Morgan fingerprint density at radius 1 is 1.04 bits per heavy atom. The molecule has 0 saturated heterocycles. The molecule has 3 heterocycles. The smallest absolute Gasteiger partial charge is 0.195 e. The number of carbonyl (C=O) groups is 1. The summed E-state index contributed by atoms with van der Waals surface area (Å²) in [6, 6.07) is 7.52. The van der Waals surface area contributed by atoms with Crippen molar-refractivity contribution < 1.29 is 15.0 Å². The standard InChI is InChI=1S/C17H11N5O3/c23-10-3-1-9(2-4-10)16(25)12-7-19-17-14(12)15(20-22-21-17)11-5-6-18-8-13(11)24/h1-8,23-24H,(H,19,20,21). The van der Waals surface area contributed by atoms with Gasteiger partial charge < -0.3 is 15.2 Å². The van der Waals surface area contributed by atoms with E-state index < -0.39 is 0 Å². The number of aromatic hydroxyl groups is 2. The minimum Gasteiger partial charge on any atom is -0.508 e. The highest BCUT2D eigenvalue weighted by atomic mass is 16.3. The average Bonchev–Trinajstić information content (AvgIpc) is 3.06. The van der Waals surface area contributed by atoms with E-state index in [1.165, 1.54) is 42.9 Å². The number of benzene rings is 1. The van der Waals surface area contributed by atoms with Gasteiger partial charge in [0.15, 0.2) is 11.4 Å². The van der Waals surface area contributed by atoms with E-state index >= 15 is 0 Å². The summed E-state index contributed by atoms with van der Waals surface area (Å²) in [7, 11) is 0. The fourth-order valence-corrected chi connectivity index (χ4v) is 2.62. The Hall–Kier alpha value is -3.81. The molecule has 8 nitrogen and oxygen atoms in total. The van der Waals surface area contributed by atoms with Crippen LogP contribution in [0.5, 0.6) is 11.5 Å². The second-order valence-corrected chi connectivity index (χ2v) is 5.33. The number of hydrogen-bond acceptors (Lipinski definition) is 7. The van der Waals surface area contributed by atoms with Gasteiger partial charge in [0, 0.05) is 23.5 Å². The molecule has 122 valence electrons. The lowest BCUT2D eigenvalue weighted by Crippen LogP contribution is -2.02. The van der Waals surface area contributed by atoms with Crippen LogP contribution in [0.2, 0.25) is 0 Å². The van der Waals surface area contributed by atoms with Crippen LogP contribution in [0.15, 0.2) is 48.9 Å². The molecule has 0 saturated carbocycles. The third-order valence-corrected chi connectivity index (χ3v) is 3.81. The summed E-state index contributed by atoms with van der Waals surface area (Å²) >= 11 is 0. The SMILES string of the molecule is O=C(c1ccc(O)cc1)c1c[nH]c2nnnc(-c3ccncc3O)c12. The zero-order chi connectivity index (χ0) is 17.4.